The molecule has 0 aromatic heterocycles. The van der Waals surface area contributed by atoms with E-state index in [2.05, 4.69) is 4.90 Å². The third-order valence-corrected chi connectivity index (χ3v) is 4.14. The Balaban J connectivity index is 2.14. The van der Waals surface area contributed by atoms with Crippen LogP contribution in [0, 0.1) is 5.92 Å². The van der Waals surface area contributed by atoms with Crippen LogP contribution in [-0.2, 0) is 4.74 Å². The van der Waals surface area contributed by atoms with Gasteiger partial charge in [0.05, 0.1) is 29.6 Å². The van der Waals surface area contributed by atoms with Crippen molar-refractivity contribution in [1.82, 2.24) is 0 Å². The second-order valence-corrected chi connectivity index (χ2v) is 5.52. The number of nitrogen functional groups attached to an aromatic ring is 1. The second kappa shape index (κ2) is 6.80. The van der Waals surface area contributed by atoms with Crippen LogP contribution >= 0.6 is 0 Å². The number of carbonyl (C=O) groups is 1. The second-order valence-electron chi connectivity index (χ2n) is 5.52. The van der Waals surface area contributed by atoms with Crippen molar-refractivity contribution in [2.24, 2.45) is 5.92 Å². The fourth-order valence-corrected chi connectivity index (χ4v) is 2.84. The van der Waals surface area contributed by atoms with Gasteiger partial charge in [-0.3, -0.25) is 0 Å². The summed E-state index contributed by atoms with van der Waals surface area (Å²) in [4.78, 5) is 14.1. The van der Waals surface area contributed by atoms with Gasteiger partial charge in [-0.25, -0.2) is 4.79 Å². The third-order valence-electron chi connectivity index (χ3n) is 4.14. The van der Waals surface area contributed by atoms with Gasteiger partial charge in [0.15, 0.2) is 0 Å². The van der Waals surface area contributed by atoms with Crippen molar-refractivity contribution in [3.05, 3.63) is 23.8 Å². The predicted molar refractivity (Wildman–Crippen MR) is 83.4 cm³/mol. The maximum atomic E-state index is 11.9. The van der Waals surface area contributed by atoms with Gasteiger partial charge < -0.3 is 20.5 Å². The van der Waals surface area contributed by atoms with Gasteiger partial charge in [0.2, 0.25) is 0 Å². The van der Waals surface area contributed by atoms with Crippen molar-refractivity contribution < 1.29 is 14.6 Å². The molecule has 1 atom stereocenters. The average molecular weight is 292 g/mol. The van der Waals surface area contributed by atoms with Crippen LogP contribution in [0.1, 0.15) is 37.0 Å². The quantitative estimate of drug-likeness (QED) is 0.656. The van der Waals surface area contributed by atoms with E-state index < -0.39 is 0 Å². The van der Waals surface area contributed by atoms with Crippen LogP contribution in [0.4, 0.5) is 11.4 Å². The fourth-order valence-electron chi connectivity index (χ4n) is 2.84. The minimum absolute atomic E-state index is 0.268. The zero-order valence-electron chi connectivity index (χ0n) is 12.7. The first kappa shape index (κ1) is 15.6. The summed E-state index contributed by atoms with van der Waals surface area (Å²) in [6.07, 6.45) is 1.59. The van der Waals surface area contributed by atoms with Crippen LogP contribution in [0.3, 0.4) is 0 Å². The van der Waals surface area contributed by atoms with E-state index in [0.717, 1.165) is 31.6 Å². The minimum atomic E-state index is -0.379. The van der Waals surface area contributed by atoms with E-state index in [0.29, 0.717) is 23.8 Å². The van der Waals surface area contributed by atoms with Gasteiger partial charge in [-0.05, 0) is 44.7 Å². The molecule has 1 heterocycles. The Morgan fingerprint density at radius 1 is 1.48 bits per heavy atom. The largest absolute Gasteiger partial charge is 0.462 e. The molecule has 5 heteroatoms. The molecule has 1 fully saturated rings. The van der Waals surface area contributed by atoms with Crippen LogP contribution in [0.2, 0.25) is 0 Å². The van der Waals surface area contributed by atoms with Crippen molar-refractivity contribution >= 4 is 17.3 Å². The zero-order chi connectivity index (χ0) is 15.4. The van der Waals surface area contributed by atoms with Gasteiger partial charge in [-0.1, -0.05) is 6.07 Å². The number of nitrogens with zero attached hydrogens (tertiary/aromatic N) is 1. The third kappa shape index (κ3) is 3.47. The van der Waals surface area contributed by atoms with E-state index in [1.165, 1.54) is 0 Å². The molecule has 0 aliphatic carbocycles. The number of benzene rings is 1. The van der Waals surface area contributed by atoms with Crippen LogP contribution in [0.15, 0.2) is 18.2 Å². The number of hydrogen-bond donors (Lipinski definition) is 2. The van der Waals surface area contributed by atoms with Crippen molar-refractivity contribution in [1.29, 1.82) is 0 Å². The van der Waals surface area contributed by atoms with Crippen LogP contribution < -0.4 is 10.6 Å². The standard InChI is InChI=1S/C16H24N2O3/c1-3-21-16(20)13-5-4-6-14(15(13)17)18-9-7-12(8-10-18)11(2)19/h4-6,11-12,19H,3,7-10,17H2,1-2H3. The molecule has 0 spiro atoms. The Bertz CT molecular complexity index is 494. The number of anilines is 2. The summed E-state index contributed by atoms with van der Waals surface area (Å²) >= 11 is 0. The number of aliphatic hydroxyl groups is 1. The van der Waals surface area contributed by atoms with E-state index in [9.17, 15) is 9.90 Å². The van der Waals surface area contributed by atoms with Gasteiger partial charge in [-0.2, -0.15) is 0 Å². The van der Waals surface area contributed by atoms with Crippen molar-refractivity contribution in [3.63, 3.8) is 0 Å². The monoisotopic (exact) mass is 292 g/mol. The summed E-state index contributed by atoms with van der Waals surface area (Å²) in [5.74, 6) is -0.0357. The first-order valence-corrected chi connectivity index (χ1v) is 7.53. The van der Waals surface area contributed by atoms with Crippen LogP contribution in [0.25, 0.3) is 0 Å². The molecule has 0 amide bonds. The number of hydrogen-bond acceptors (Lipinski definition) is 5. The van der Waals surface area contributed by atoms with Gasteiger partial charge in [-0.15, -0.1) is 0 Å². The summed E-state index contributed by atoms with van der Waals surface area (Å²) in [7, 11) is 0. The molecule has 1 unspecified atom stereocenters. The van der Waals surface area contributed by atoms with Crippen LogP contribution in [0.5, 0.6) is 0 Å². The van der Waals surface area contributed by atoms with Crippen LogP contribution in [-0.4, -0.2) is 36.9 Å². The van der Waals surface area contributed by atoms with E-state index in [1.54, 1.807) is 13.0 Å². The normalized spacial score (nSPS) is 17.6. The van der Waals surface area contributed by atoms with Gasteiger partial charge in [0.1, 0.15) is 0 Å². The molecule has 1 aliphatic heterocycles. The minimum Gasteiger partial charge on any atom is -0.462 e. The van der Waals surface area contributed by atoms with E-state index in [4.69, 9.17) is 10.5 Å². The Kier molecular flexibility index (Phi) is 5.07. The first-order chi connectivity index (χ1) is 10.0. The molecule has 0 saturated carbocycles. The molecule has 2 rings (SSSR count). The van der Waals surface area contributed by atoms with E-state index >= 15 is 0 Å². The number of piperidine rings is 1. The molecular formula is C16H24N2O3. The fraction of sp³-hybridized carbons (Fsp3) is 0.562. The average Bonchev–Trinajstić information content (AvgIpc) is 2.48. The van der Waals surface area contributed by atoms with Crippen molar-refractivity contribution in [3.8, 4) is 0 Å². The molecule has 116 valence electrons. The van der Waals surface area contributed by atoms with Gasteiger partial charge in [0, 0.05) is 13.1 Å². The number of aliphatic hydroxyl groups excluding tert-OH is 1. The molecule has 1 aromatic carbocycles. The lowest BCUT2D eigenvalue weighted by Gasteiger charge is -2.35. The highest BCUT2D eigenvalue weighted by atomic mass is 16.5. The summed E-state index contributed by atoms with van der Waals surface area (Å²) in [6.45, 7) is 5.63. The Morgan fingerprint density at radius 3 is 2.71 bits per heavy atom. The summed E-state index contributed by atoms with van der Waals surface area (Å²) in [5, 5.41) is 9.66. The van der Waals surface area contributed by atoms with E-state index in [-0.39, 0.29) is 12.1 Å². The SMILES string of the molecule is CCOC(=O)c1cccc(N2CCC(C(C)O)CC2)c1N. The predicted octanol–water partition coefficient (Wildman–Crippen LogP) is 2.04. The summed E-state index contributed by atoms with van der Waals surface area (Å²) in [6, 6.07) is 5.46. The first-order valence-electron chi connectivity index (χ1n) is 7.53. The van der Waals surface area contributed by atoms with Crippen molar-refractivity contribution in [2.45, 2.75) is 32.8 Å². The van der Waals surface area contributed by atoms with Gasteiger partial charge >= 0.3 is 5.97 Å². The summed E-state index contributed by atoms with van der Waals surface area (Å²) < 4.78 is 5.03. The maximum Gasteiger partial charge on any atom is 0.340 e. The molecule has 0 radical (unpaired) electrons. The summed E-state index contributed by atoms with van der Waals surface area (Å²) in [5.41, 5.74) is 7.93. The highest BCUT2D eigenvalue weighted by Crippen LogP contribution is 2.31. The maximum absolute atomic E-state index is 11.9. The molecule has 21 heavy (non-hydrogen) atoms. The highest BCUT2D eigenvalue weighted by molar-refractivity contribution is 5.98. The lowest BCUT2D eigenvalue weighted by Crippen LogP contribution is -2.37. The molecule has 0 bridgehead atoms. The molecule has 1 aliphatic rings. The number of nitrogens with two attached hydrogens (primary N) is 1. The molecular weight excluding hydrogens is 268 g/mol. The number of para-hydroxylation sites is 1. The Hall–Kier alpha value is -1.75. The molecule has 5 nitrogen and oxygen atoms in total. The Labute approximate surface area is 125 Å². The molecule has 1 aromatic rings. The number of ether oxygens (including phenoxy) is 1. The topological polar surface area (TPSA) is 75.8 Å². The van der Waals surface area contributed by atoms with Gasteiger partial charge in [0.25, 0.3) is 0 Å². The smallest absolute Gasteiger partial charge is 0.340 e. The van der Waals surface area contributed by atoms with Crippen molar-refractivity contribution in [2.75, 3.05) is 30.3 Å². The number of rotatable bonds is 4. The molecule has 3 N–H and O–H groups in total. The zero-order valence-corrected chi connectivity index (χ0v) is 12.7. The number of carbonyl (C=O) groups excluding carboxylic acids is 1. The lowest BCUT2D eigenvalue weighted by atomic mass is 9.92. The molecule has 1 saturated heterocycles. The lowest BCUT2D eigenvalue weighted by molar-refractivity contribution is 0.0527. The number of esters is 1. The highest BCUT2D eigenvalue weighted by Gasteiger charge is 2.25. The van der Waals surface area contributed by atoms with E-state index in [1.807, 2.05) is 19.1 Å². The Morgan fingerprint density at radius 2 is 2.14 bits per heavy atom.